The molecule has 0 aliphatic carbocycles. The molecule has 1 fully saturated rings. The van der Waals surface area contributed by atoms with Gasteiger partial charge in [0.2, 0.25) is 0 Å². The Morgan fingerprint density at radius 1 is 1.55 bits per heavy atom. The number of piperidine rings is 1. The van der Waals surface area contributed by atoms with Crippen LogP contribution in [0.1, 0.15) is 36.7 Å². The van der Waals surface area contributed by atoms with Crippen molar-refractivity contribution in [3.63, 3.8) is 0 Å². The van der Waals surface area contributed by atoms with Crippen LogP contribution in [0.4, 0.5) is 5.69 Å². The minimum absolute atomic E-state index is 0.0791. The number of likely N-dealkylation sites (tertiary alicyclic amines) is 1. The van der Waals surface area contributed by atoms with Crippen molar-refractivity contribution in [1.82, 2.24) is 14.4 Å². The van der Waals surface area contributed by atoms with Gasteiger partial charge < -0.3 is 20.1 Å². The molecule has 5 nitrogen and oxygen atoms in total. The Bertz CT molecular complexity index is 468. The smallest absolute Gasteiger partial charge is 0.270 e. The fourth-order valence-corrected chi connectivity index (χ4v) is 2.94. The number of anilines is 1. The highest BCUT2D eigenvalue weighted by Crippen LogP contribution is 2.18. The number of hydrogen-bond donors (Lipinski definition) is 1. The first kappa shape index (κ1) is 14.9. The number of aromatic nitrogens is 1. The number of nitrogen functional groups attached to an aromatic ring is 1. The predicted molar refractivity (Wildman–Crippen MR) is 81.7 cm³/mol. The maximum atomic E-state index is 12.7. The van der Waals surface area contributed by atoms with Crippen LogP contribution < -0.4 is 5.73 Å². The molecule has 1 unspecified atom stereocenters. The molecule has 1 aromatic heterocycles. The number of nitrogens with zero attached hydrogens (tertiary/aromatic N) is 3. The van der Waals surface area contributed by atoms with E-state index in [-0.39, 0.29) is 5.91 Å². The molecule has 0 aromatic carbocycles. The number of carbonyl (C=O) groups excluding carboxylic acids is 1. The van der Waals surface area contributed by atoms with Gasteiger partial charge in [0, 0.05) is 32.4 Å². The van der Waals surface area contributed by atoms with Gasteiger partial charge in [-0.2, -0.15) is 0 Å². The van der Waals surface area contributed by atoms with E-state index in [1.807, 2.05) is 22.7 Å². The molecular formula is C15H26N4O. The lowest BCUT2D eigenvalue weighted by molar-refractivity contribution is 0.0633. The number of rotatable bonds is 4. The maximum absolute atomic E-state index is 12.7. The number of hydrogen-bond acceptors (Lipinski definition) is 3. The number of carbonyl (C=O) groups is 1. The molecule has 0 spiro atoms. The highest BCUT2D eigenvalue weighted by Gasteiger charge is 2.26. The molecule has 2 N–H and O–H groups in total. The second kappa shape index (κ2) is 6.31. The van der Waals surface area contributed by atoms with Crippen molar-refractivity contribution < 1.29 is 4.79 Å². The van der Waals surface area contributed by atoms with E-state index in [1.54, 1.807) is 6.07 Å². The summed E-state index contributed by atoms with van der Waals surface area (Å²) in [5.41, 5.74) is 7.22. The highest BCUT2D eigenvalue weighted by atomic mass is 16.2. The van der Waals surface area contributed by atoms with Crippen LogP contribution in [0.5, 0.6) is 0 Å². The zero-order valence-corrected chi connectivity index (χ0v) is 12.8. The average molecular weight is 278 g/mol. The summed E-state index contributed by atoms with van der Waals surface area (Å²) in [7, 11) is 4.02. The van der Waals surface area contributed by atoms with Crippen molar-refractivity contribution in [3.05, 3.63) is 18.0 Å². The Balaban J connectivity index is 2.13. The molecule has 0 radical (unpaired) electrons. The first-order valence-corrected chi connectivity index (χ1v) is 7.44. The number of likely N-dealkylation sites (N-methyl/N-ethyl adjacent to an activating group) is 2. The predicted octanol–water partition coefficient (Wildman–Crippen LogP) is 1.65. The van der Waals surface area contributed by atoms with Gasteiger partial charge in [0.15, 0.2) is 0 Å². The van der Waals surface area contributed by atoms with Crippen molar-refractivity contribution in [2.75, 3.05) is 32.9 Å². The van der Waals surface area contributed by atoms with Gasteiger partial charge in [-0.15, -0.1) is 0 Å². The van der Waals surface area contributed by atoms with Crippen LogP contribution >= 0.6 is 0 Å². The quantitative estimate of drug-likeness (QED) is 0.911. The van der Waals surface area contributed by atoms with E-state index in [2.05, 4.69) is 18.9 Å². The molecule has 1 amide bonds. The highest BCUT2D eigenvalue weighted by molar-refractivity contribution is 5.93. The van der Waals surface area contributed by atoms with Gasteiger partial charge in [0.1, 0.15) is 5.69 Å². The van der Waals surface area contributed by atoms with Crippen LogP contribution in [0.15, 0.2) is 12.3 Å². The van der Waals surface area contributed by atoms with E-state index in [4.69, 9.17) is 5.73 Å². The second-order valence-electron chi connectivity index (χ2n) is 5.83. The second-order valence-corrected chi connectivity index (χ2v) is 5.83. The summed E-state index contributed by atoms with van der Waals surface area (Å²) in [5, 5.41) is 0. The molecule has 0 bridgehead atoms. The van der Waals surface area contributed by atoms with Gasteiger partial charge in [-0.1, -0.05) is 6.92 Å². The molecule has 1 atom stereocenters. The number of amides is 1. The van der Waals surface area contributed by atoms with E-state index >= 15 is 0 Å². The van der Waals surface area contributed by atoms with Gasteiger partial charge in [0.25, 0.3) is 5.91 Å². The van der Waals surface area contributed by atoms with Crippen LogP contribution in [0.2, 0.25) is 0 Å². The summed E-state index contributed by atoms with van der Waals surface area (Å²) in [6.07, 6.45) is 5.08. The van der Waals surface area contributed by atoms with Crippen LogP contribution in [0, 0.1) is 0 Å². The third-order valence-corrected chi connectivity index (χ3v) is 4.07. The van der Waals surface area contributed by atoms with Crippen LogP contribution in [-0.4, -0.2) is 53.5 Å². The van der Waals surface area contributed by atoms with Crippen molar-refractivity contribution in [1.29, 1.82) is 0 Å². The first-order valence-electron chi connectivity index (χ1n) is 7.44. The number of nitrogens with two attached hydrogens (primary N) is 1. The van der Waals surface area contributed by atoms with Crippen molar-refractivity contribution in [3.8, 4) is 0 Å². The van der Waals surface area contributed by atoms with E-state index in [1.165, 1.54) is 0 Å². The van der Waals surface area contributed by atoms with Gasteiger partial charge in [-0.3, -0.25) is 4.79 Å². The van der Waals surface area contributed by atoms with Gasteiger partial charge in [-0.25, -0.2) is 0 Å². The standard InChI is InChI=1S/C15H26N4O/c1-4-7-19-10-12(16)9-14(19)15(20)18(3)13-6-5-8-17(2)11-13/h9-10,13H,4-8,11,16H2,1-3H3. The van der Waals surface area contributed by atoms with Crippen molar-refractivity contribution >= 4 is 11.6 Å². The zero-order valence-electron chi connectivity index (χ0n) is 12.8. The third kappa shape index (κ3) is 3.15. The molecule has 2 rings (SSSR count). The lowest BCUT2D eigenvalue weighted by atomic mass is 10.0. The molecule has 1 aromatic rings. The summed E-state index contributed by atoms with van der Waals surface area (Å²) in [4.78, 5) is 16.9. The molecule has 1 saturated heterocycles. The van der Waals surface area contributed by atoms with Crippen LogP contribution in [0.3, 0.4) is 0 Å². The Hall–Kier alpha value is -1.49. The van der Waals surface area contributed by atoms with Crippen molar-refractivity contribution in [2.24, 2.45) is 0 Å². The molecule has 112 valence electrons. The Labute approximate surface area is 121 Å². The van der Waals surface area contributed by atoms with E-state index in [0.717, 1.165) is 38.9 Å². The maximum Gasteiger partial charge on any atom is 0.270 e. The summed E-state index contributed by atoms with van der Waals surface area (Å²) >= 11 is 0. The van der Waals surface area contributed by atoms with Crippen LogP contribution in [0.25, 0.3) is 0 Å². The normalized spacial score (nSPS) is 20.1. The molecule has 20 heavy (non-hydrogen) atoms. The lowest BCUT2D eigenvalue weighted by Gasteiger charge is -2.35. The van der Waals surface area contributed by atoms with Gasteiger partial charge >= 0.3 is 0 Å². The van der Waals surface area contributed by atoms with E-state index < -0.39 is 0 Å². The molecule has 0 saturated carbocycles. The first-order chi connectivity index (χ1) is 9.52. The lowest BCUT2D eigenvalue weighted by Crippen LogP contribution is -2.47. The van der Waals surface area contributed by atoms with E-state index in [9.17, 15) is 4.79 Å². The fourth-order valence-electron chi connectivity index (χ4n) is 2.94. The summed E-state index contributed by atoms with van der Waals surface area (Å²) in [6, 6.07) is 2.09. The van der Waals surface area contributed by atoms with Gasteiger partial charge in [-0.05, 0) is 38.9 Å². The largest absolute Gasteiger partial charge is 0.397 e. The average Bonchev–Trinajstić information content (AvgIpc) is 2.78. The van der Waals surface area contributed by atoms with Gasteiger partial charge in [0.05, 0.1) is 5.69 Å². The SMILES string of the molecule is CCCn1cc(N)cc1C(=O)N(C)C1CCCN(C)C1. The van der Waals surface area contributed by atoms with Crippen molar-refractivity contribution in [2.45, 2.75) is 38.8 Å². The summed E-state index contributed by atoms with van der Waals surface area (Å²) < 4.78 is 1.97. The Morgan fingerprint density at radius 3 is 2.95 bits per heavy atom. The third-order valence-electron chi connectivity index (χ3n) is 4.07. The fraction of sp³-hybridized carbons (Fsp3) is 0.667. The zero-order chi connectivity index (χ0) is 14.7. The Morgan fingerprint density at radius 2 is 2.30 bits per heavy atom. The summed E-state index contributed by atoms with van der Waals surface area (Å²) in [6.45, 7) is 5.00. The monoisotopic (exact) mass is 278 g/mol. The van der Waals surface area contributed by atoms with E-state index in [0.29, 0.717) is 17.4 Å². The molecular weight excluding hydrogens is 252 g/mol. The molecule has 2 heterocycles. The molecule has 1 aliphatic rings. The minimum atomic E-state index is 0.0791. The Kier molecular flexibility index (Phi) is 4.70. The van der Waals surface area contributed by atoms with Crippen LogP contribution in [-0.2, 0) is 6.54 Å². The summed E-state index contributed by atoms with van der Waals surface area (Å²) in [5.74, 6) is 0.0791. The molecule has 5 heteroatoms. The number of aryl methyl sites for hydroxylation is 1. The molecule has 1 aliphatic heterocycles. The minimum Gasteiger partial charge on any atom is -0.397 e. The topological polar surface area (TPSA) is 54.5 Å².